The molecule has 1 aromatic rings. The minimum Gasteiger partial charge on any atom is -0.374 e. The van der Waals surface area contributed by atoms with Crippen LogP contribution in [0.1, 0.15) is 46.9 Å². The third kappa shape index (κ3) is 2.46. The Balaban J connectivity index is 1.97. The molecule has 0 bridgehead atoms. The minimum atomic E-state index is -1.06. The number of benzene rings is 1. The van der Waals surface area contributed by atoms with Gasteiger partial charge in [-0.05, 0) is 18.6 Å². The lowest BCUT2D eigenvalue weighted by molar-refractivity contribution is -0.125. The van der Waals surface area contributed by atoms with Crippen molar-refractivity contribution in [2.24, 2.45) is 0 Å². The van der Waals surface area contributed by atoms with E-state index in [1.165, 1.54) is 0 Å². The molecule has 0 aliphatic carbocycles. The molecule has 2 heterocycles. The largest absolute Gasteiger partial charge is 0.374 e. The molecule has 1 unspecified atom stereocenters. The van der Waals surface area contributed by atoms with Gasteiger partial charge in [0.2, 0.25) is 11.8 Å². The van der Waals surface area contributed by atoms with Gasteiger partial charge in [0, 0.05) is 13.6 Å². The molecule has 126 valence electrons. The van der Waals surface area contributed by atoms with Crippen LogP contribution in [0.4, 0.5) is 5.69 Å². The summed E-state index contributed by atoms with van der Waals surface area (Å²) in [5, 5.41) is 2.14. The summed E-state index contributed by atoms with van der Waals surface area (Å²) in [4.78, 5) is 51.6. The van der Waals surface area contributed by atoms with Gasteiger partial charge in [0.05, 0.1) is 23.2 Å². The number of imide groups is 2. The maximum atomic E-state index is 12.8. The summed E-state index contributed by atoms with van der Waals surface area (Å²) in [6.07, 6.45) is 1.81. The normalized spacial score (nSPS) is 19.8. The SMILES string of the molecule is CCCCN(C)c1cccc2c1C(=O)N(C1CC(=O)NC1=O)C2=O. The third-order valence-electron chi connectivity index (χ3n) is 4.44. The van der Waals surface area contributed by atoms with Crippen molar-refractivity contribution >= 4 is 29.3 Å². The monoisotopic (exact) mass is 329 g/mol. The van der Waals surface area contributed by atoms with Crippen molar-refractivity contribution < 1.29 is 19.2 Å². The van der Waals surface area contributed by atoms with E-state index in [0.29, 0.717) is 11.3 Å². The Bertz CT molecular complexity index is 743. The van der Waals surface area contributed by atoms with Crippen molar-refractivity contribution in [1.82, 2.24) is 10.2 Å². The summed E-state index contributed by atoms with van der Waals surface area (Å²) in [5.41, 5.74) is 1.27. The standard InChI is InChI=1S/C17H19N3O4/c1-3-4-8-19(2)11-7-5-6-10-14(11)17(24)20(16(10)23)12-9-13(21)18-15(12)22/h5-7,12H,3-4,8-9H2,1-2H3,(H,18,21,22). The summed E-state index contributed by atoms with van der Waals surface area (Å²) in [5.74, 6) is -2.10. The number of nitrogens with one attached hydrogen (secondary N) is 1. The van der Waals surface area contributed by atoms with E-state index in [4.69, 9.17) is 0 Å². The van der Waals surface area contributed by atoms with Gasteiger partial charge in [-0.15, -0.1) is 0 Å². The molecule has 0 spiro atoms. The van der Waals surface area contributed by atoms with Crippen LogP contribution in [0.25, 0.3) is 0 Å². The minimum absolute atomic E-state index is 0.175. The van der Waals surface area contributed by atoms with Crippen LogP contribution in [0.2, 0.25) is 0 Å². The second-order valence-electron chi connectivity index (χ2n) is 6.09. The highest BCUT2D eigenvalue weighted by atomic mass is 16.2. The lowest BCUT2D eigenvalue weighted by atomic mass is 10.1. The quantitative estimate of drug-likeness (QED) is 0.812. The van der Waals surface area contributed by atoms with Gasteiger partial charge in [-0.3, -0.25) is 29.4 Å². The van der Waals surface area contributed by atoms with Crippen LogP contribution in [-0.4, -0.2) is 48.2 Å². The van der Waals surface area contributed by atoms with Crippen LogP contribution in [-0.2, 0) is 9.59 Å². The summed E-state index contributed by atoms with van der Waals surface area (Å²) >= 11 is 0. The van der Waals surface area contributed by atoms with E-state index in [1.54, 1.807) is 18.2 Å². The summed E-state index contributed by atoms with van der Waals surface area (Å²) in [6.45, 7) is 2.84. The Labute approximate surface area is 139 Å². The maximum absolute atomic E-state index is 12.8. The first kappa shape index (κ1) is 16.2. The van der Waals surface area contributed by atoms with E-state index < -0.39 is 29.7 Å². The van der Waals surface area contributed by atoms with E-state index in [9.17, 15) is 19.2 Å². The predicted octanol–water partition coefficient (Wildman–Crippen LogP) is 0.934. The van der Waals surface area contributed by atoms with E-state index in [0.717, 1.165) is 24.3 Å². The highest BCUT2D eigenvalue weighted by Gasteiger charge is 2.47. The first-order valence-corrected chi connectivity index (χ1v) is 8.01. The number of fused-ring (bicyclic) bond motifs is 1. The zero-order valence-electron chi connectivity index (χ0n) is 13.7. The Morgan fingerprint density at radius 1 is 1.21 bits per heavy atom. The van der Waals surface area contributed by atoms with Gasteiger partial charge in [0.25, 0.3) is 11.8 Å². The summed E-state index contributed by atoms with van der Waals surface area (Å²) in [7, 11) is 1.87. The average Bonchev–Trinajstić information content (AvgIpc) is 3.01. The number of unbranched alkanes of at least 4 members (excludes halogenated alkanes) is 1. The van der Waals surface area contributed by atoms with Gasteiger partial charge in [-0.25, -0.2) is 0 Å². The molecule has 3 rings (SSSR count). The zero-order chi connectivity index (χ0) is 17.4. The maximum Gasteiger partial charge on any atom is 0.264 e. The number of carbonyl (C=O) groups excluding carboxylic acids is 4. The van der Waals surface area contributed by atoms with Crippen LogP contribution >= 0.6 is 0 Å². The van der Waals surface area contributed by atoms with Crippen LogP contribution in [0.5, 0.6) is 0 Å². The second-order valence-corrected chi connectivity index (χ2v) is 6.09. The fourth-order valence-electron chi connectivity index (χ4n) is 3.15. The highest BCUT2D eigenvalue weighted by molar-refractivity contribution is 6.26. The summed E-state index contributed by atoms with van der Waals surface area (Å²) in [6, 6.07) is 4.05. The third-order valence-corrected chi connectivity index (χ3v) is 4.44. The Morgan fingerprint density at radius 2 is 1.96 bits per heavy atom. The number of amides is 4. The smallest absolute Gasteiger partial charge is 0.264 e. The van der Waals surface area contributed by atoms with Crippen molar-refractivity contribution in [2.75, 3.05) is 18.5 Å². The Morgan fingerprint density at radius 3 is 2.58 bits per heavy atom. The van der Waals surface area contributed by atoms with Gasteiger partial charge >= 0.3 is 0 Å². The van der Waals surface area contributed by atoms with Crippen molar-refractivity contribution in [2.45, 2.75) is 32.2 Å². The van der Waals surface area contributed by atoms with Crippen molar-refractivity contribution in [3.8, 4) is 0 Å². The van der Waals surface area contributed by atoms with Crippen LogP contribution < -0.4 is 10.2 Å². The molecular weight excluding hydrogens is 310 g/mol. The molecule has 4 amide bonds. The molecule has 0 radical (unpaired) electrons. The number of rotatable bonds is 5. The first-order valence-electron chi connectivity index (χ1n) is 8.01. The number of nitrogens with zero attached hydrogens (tertiary/aromatic N) is 2. The van der Waals surface area contributed by atoms with Gasteiger partial charge in [0.15, 0.2) is 0 Å². The molecule has 2 aliphatic rings. The van der Waals surface area contributed by atoms with Crippen molar-refractivity contribution in [1.29, 1.82) is 0 Å². The number of carbonyl (C=O) groups is 4. The average molecular weight is 329 g/mol. The fraction of sp³-hybridized carbons (Fsp3) is 0.412. The van der Waals surface area contributed by atoms with Gasteiger partial charge in [-0.1, -0.05) is 19.4 Å². The van der Waals surface area contributed by atoms with Crippen LogP contribution in [0.3, 0.4) is 0 Å². The lowest BCUT2D eigenvalue weighted by Crippen LogP contribution is -2.44. The number of hydrogen-bond acceptors (Lipinski definition) is 5. The Kier molecular flexibility index (Phi) is 4.09. The lowest BCUT2D eigenvalue weighted by Gasteiger charge is -2.22. The van der Waals surface area contributed by atoms with Crippen molar-refractivity contribution in [3.63, 3.8) is 0 Å². The predicted molar refractivity (Wildman–Crippen MR) is 86.7 cm³/mol. The Hall–Kier alpha value is -2.70. The second kappa shape index (κ2) is 6.07. The molecule has 1 atom stereocenters. The van der Waals surface area contributed by atoms with Crippen molar-refractivity contribution in [3.05, 3.63) is 29.3 Å². The molecule has 0 saturated carbocycles. The highest BCUT2D eigenvalue weighted by Crippen LogP contribution is 2.33. The van der Waals surface area contributed by atoms with E-state index >= 15 is 0 Å². The molecule has 2 aliphatic heterocycles. The molecular formula is C17H19N3O4. The number of hydrogen-bond donors (Lipinski definition) is 1. The molecule has 1 aromatic carbocycles. The molecule has 7 nitrogen and oxygen atoms in total. The zero-order valence-corrected chi connectivity index (χ0v) is 13.7. The molecule has 0 aromatic heterocycles. The van der Waals surface area contributed by atoms with E-state index in [-0.39, 0.29) is 12.0 Å². The molecule has 1 N–H and O–H groups in total. The summed E-state index contributed by atoms with van der Waals surface area (Å²) < 4.78 is 0. The van der Waals surface area contributed by atoms with Crippen LogP contribution in [0, 0.1) is 0 Å². The van der Waals surface area contributed by atoms with Gasteiger partial charge in [0.1, 0.15) is 6.04 Å². The number of anilines is 1. The first-order chi connectivity index (χ1) is 11.5. The molecule has 24 heavy (non-hydrogen) atoms. The molecule has 7 heteroatoms. The van der Waals surface area contributed by atoms with Gasteiger partial charge in [-0.2, -0.15) is 0 Å². The van der Waals surface area contributed by atoms with Crippen LogP contribution in [0.15, 0.2) is 18.2 Å². The molecule has 1 saturated heterocycles. The fourth-order valence-corrected chi connectivity index (χ4v) is 3.15. The van der Waals surface area contributed by atoms with E-state index in [2.05, 4.69) is 12.2 Å². The molecule has 1 fully saturated rings. The van der Waals surface area contributed by atoms with E-state index in [1.807, 2.05) is 11.9 Å². The topological polar surface area (TPSA) is 86.8 Å². The van der Waals surface area contributed by atoms with Gasteiger partial charge < -0.3 is 4.90 Å².